The molecular formula is C57H76N6O2S6. The summed E-state index contributed by atoms with van der Waals surface area (Å²) in [5.74, 6) is 0. The number of benzene rings is 5. The molecule has 3 aliphatic carbocycles. The van der Waals surface area contributed by atoms with Crippen molar-refractivity contribution in [2.45, 2.75) is 157 Å². The van der Waals surface area contributed by atoms with Crippen LogP contribution in [0.2, 0.25) is 0 Å². The first-order valence-electron chi connectivity index (χ1n) is 23.4. The van der Waals surface area contributed by atoms with Crippen molar-refractivity contribution in [3.05, 3.63) is 145 Å². The van der Waals surface area contributed by atoms with Gasteiger partial charge in [-0.15, -0.1) is 34.0 Å². The van der Waals surface area contributed by atoms with Crippen molar-refractivity contribution in [3.8, 4) is 0 Å². The van der Waals surface area contributed by atoms with Crippen LogP contribution in [0, 0.1) is 0 Å². The van der Waals surface area contributed by atoms with E-state index in [4.69, 9.17) is 9.97 Å². The maximum absolute atomic E-state index is 10.0. The third-order valence-electron chi connectivity index (χ3n) is 11.7. The Hall–Kier alpha value is -3.96. The van der Waals surface area contributed by atoms with Gasteiger partial charge in [0, 0.05) is 53.8 Å². The van der Waals surface area contributed by atoms with Gasteiger partial charge in [-0.2, -0.15) is 3.71 Å². The van der Waals surface area contributed by atoms with Gasteiger partial charge in [0.25, 0.3) is 0 Å². The van der Waals surface area contributed by atoms with Crippen LogP contribution in [-0.4, -0.2) is 54.8 Å². The summed E-state index contributed by atoms with van der Waals surface area (Å²) in [5, 5.41) is 0. The molecule has 3 N–H and O–H groups in total. The molecule has 0 aliphatic heterocycles. The second-order valence-electron chi connectivity index (χ2n) is 16.7. The van der Waals surface area contributed by atoms with E-state index >= 15 is 0 Å². The molecule has 3 fully saturated rings. The zero-order valence-electron chi connectivity index (χ0n) is 37.8. The van der Waals surface area contributed by atoms with Crippen LogP contribution >= 0.6 is 69.9 Å². The lowest BCUT2D eigenvalue weighted by molar-refractivity contribution is 0.112. The number of hydrogen-bond donors (Lipinski definition) is 1. The Balaban J connectivity index is 0.000000264. The first-order valence-corrected chi connectivity index (χ1v) is 28.2. The van der Waals surface area contributed by atoms with E-state index in [1.54, 1.807) is 82.0 Å². The van der Waals surface area contributed by atoms with Crippen molar-refractivity contribution >= 4 is 113 Å². The summed E-state index contributed by atoms with van der Waals surface area (Å²) < 4.78 is 13.2. The van der Waals surface area contributed by atoms with Gasteiger partial charge < -0.3 is 5.48 Å². The predicted molar refractivity (Wildman–Crippen MR) is 318 cm³/mol. The Kier molecular flexibility index (Phi) is 29.1. The number of aldehydes is 1. The van der Waals surface area contributed by atoms with Crippen LogP contribution in [0.5, 0.6) is 0 Å². The fourth-order valence-corrected chi connectivity index (χ4v) is 14.9. The molecule has 14 heteroatoms. The van der Waals surface area contributed by atoms with Gasteiger partial charge in [0.05, 0.1) is 30.6 Å². The van der Waals surface area contributed by atoms with E-state index in [1.165, 1.54) is 116 Å². The highest BCUT2D eigenvalue weighted by atomic mass is 32.2. The number of nitrogens with zero attached hydrogens (tertiary/aromatic N) is 5. The molecule has 0 amide bonds. The van der Waals surface area contributed by atoms with E-state index in [0.29, 0.717) is 18.1 Å². The Labute approximate surface area is 450 Å². The molecule has 8 nitrogen and oxygen atoms in total. The molecule has 3 aromatic heterocycles. The molecule has 0 saturated heterocycles. The van der Waals surface area contributed by atoms with Gasteiger partial charge in [-0.3, -0.25) is 14.5 Å². The number of rotatable bonds is 11. The van der Waals surface area contributed by atoms with E-state index in [9.17, 15) is 4.79 Å². The van der Waals surface area contributed by atoms with Gasteiger partial charge >= 0.3 is 0 Å². The van der Waals surface area contributed by atoms with Crippen molar-refractivity contribution in [1.82, 2.24) is 23.4 Å². The van der Waals surface area contributed by atoms with E-state index in [1.807, 2.05) is 36.5 Å². The van der Waals surface area contributed by atoms with E-state index in [-0.39, 0.29) is 35.2 Å². The highest BCUT2D eigenvalue weighted by Crippen LogP contribution is 2.44. The third-order valence-corrected chi connectivity index (χ3v) is 18.2. The molecule has 0 unspecified atom stereocenters. The van der Waals surface area contributed by atoms with Gasteiger partial charge in [-0.1, -0.05) is 185 Å². The first-order chi connectivity index (χ1) is 32.6. The summed E-state index contributed by atoms with van der Waals surface area (Å²) in [6.45, 7) is 0. The molecule has 382 valence electrons. The summed E-state index contributed by atoms with van der Waals surface area (Å²) in [6.07, 6.45) is 22.8. The van der Waals surface area contributed by atoms with Crippen LogP contribution < -0.4 is 4.72 Å². The standard InChI is InChI=1S/C20H19N3S4.C13H16N2S2.C13H17N.C7H6O.4CH4.H2O/c1-2-8-14(9-3-1)23(26-19-21-15-10-4-6-12-17(15)24-19)27-20-22-16-11-5-7-13-18(16)25-20;1-2-6-10(7-3-1)15-17-13-14-11-8-4-5-9-12(11)16-13;1-3-7-12(8-4-1)11-14-13-9-5-2-6-10-13;8-6-7-4-2-1-3-5-7;;;;;/h4-7,10-14H,1-3,8-9H2;4-5,8-10,15H,1-3,6-7H2;1,3-4,7-8,11,13H,2,5-6,9-10H2;1-6H;4*1H4;1H2. The molecule has 0 atom stereocenters. The lowest BCUT2D eigenvalue weighted by Crippen LogP contribution is -2.26. The number of aliphatic imine (C=N–C) groups is 1. The van der Waals surface area contributed by atoms with Gasteiger partial charge in [-0.05, 0) is 92.4 Å². The molecule has 3 heterocycles. The minimum absolute atomic E-state index is 0. The lowest BCUT2D eigenvalue weighted by Gasteiger charge is -2.30. The average molecular weight is 1070 g/mol. The van der Waals surface area contributed by atoms with Gasteiger partial charge in [0.1, 0.15) is 6.29 Å². The van der Waals surface area contributed by atoms with Crippen LogP contribution in [0.3, 0.4) is 0 Å². The zero-order chi connectivity index (χ0) is 45.0. The summed E-state index contributed by atoms with van der Waals surface area (Å²) in [5.41, 5.74) is 5.26. The van der Waals surface area contributed by atoms with E-state index in [0.717, 1.165) is 41.4 Å². The Morgan fingerprint density at radius 1 is 0.493 bits per heavy atom. The van der Waals surface area contributed by atoms with Gasteiger partial charge in [-0.25, -0.2) is 15.0 Å². The zero-order valence-corrected chi connectivity index (χ0v) is 42.7. The van der Waals surface area contributed by atoms with Crippen LogP contribution in [0.4, 0.5) is 0 Å². The molecule has 71 heavy (non-hydrogen) atoms. The molecule has 11 rings (SSSR count). The number of aromatic nitrogens is 3. The first kappa shape index (κ1) is 61.3. The lowest BCUT2D eigenvalue weighted by atomic mass is 9.96. The SMILES string of the molecule is C.C.C.C.C(=NC1CCCCC1)c1ccccc1.O.O=Cc1ccccc1.c1ccc2sc(SN(Sc3nc4ccccc4s3)C3CCCCC3)nc2c1.c1ccc2sc(SNC3CCCCC3)nc2c1. The molecule has 0 radical (unpaired) electrons. The summed E-state index contributed by atoms with van der Waals surface area (Å²) in [7, 11) is 0. The monoisotopic (exact) mass is 1070 g/mol. The number of nitrogens with one attached hydrogen (secondary N) is 1. The van der Waals surface area contributed by atoms with Crippen molar-refractivity contribution in [1.29, 1.82) is 0 Å². The molecule has 5 aromatic carbocycles. The fourth-order valence-electron chi connectivity index (χ4n) is 8.13. The Bertz CT molecular complexity index is 2500. The van der Waals surface area contributed by atoms with Crippen molar-refractivity contribution in [2.75, 3.05) is 0 Å². The van der Waals surface area contributed by atoms with Crippen LogP contribution in [0.1, 0.15) is 142 Å². The highest BCUT2D eigenvalue weighted by Gasteiger charge is 2.26. The second-order valence-corrected chi connectivity index (χ2v) is 23.5. The smallest absolute Gasteiger partial charge is 0.167 e. The largest absolute Gasteiger partial charge is 0.412 e. The van der Waals surface area contributed by atoms with Crippen molar-refractivity contribution in [2.24, 2.45) is 4.99 Å². The van der Waals surface area contributed by atoms with Gasteiger partial charge in [0.15, 0.2) is 13.0 Å². The molecule has 0 spiro atoms. The third kappa shape index (κ3) is 19.8. The normalized spacial score (nSPS) is 14.9. The van der Waals surface area contributed by atoms with Crippen LogP contribution in [0.15, 0.2) is 151 Å². The molecule has 3 aliphatic rings. The summed E-state index contributed by atoms with van der Waals surface area (Å²) >= 11 is 10.6. The maximum Gasteiger partial charge on any atom is 0.167 e. The van der Waals surface area contributed by atoms with E-state index in [2.05, 4.69) is 109 Å². The molecule has 0 bridgehead atoms. The quantitative estimate of drug-likeness (QED) is 0.0768. The minimum atomic E-state index is 0. The van der Waals surface area contributed by atoms with Crippen molar-refractivity contribution < 1.29 is 10.3 Å². The van der Waals surface area contributed by atoms with Crippen LogP contribution in [0.25, 0.3) is 30.6 Å². The molecule has 8 aromatic rings. The predicted octanol–water partition coefficient (Wildman–Crippen LogP) is 18.1. The second kappa shape index (κ2) is 33.7. The van der Waals surface area contributed by atoms with Crippen LogP contribution in [-0.2, 0) is 0 Å². The molecular weight excluding hydrogens is 993 g/mol. The van der Waals surface area contributed by atoms with Gasteiger partial charge in [0.2, 0.25) is 0 Å². The topological polar surface area (TPSA) is 115 Å². The fraction of sp³-hybridized carbons (Fsp3) is 0.386. The Morgan fingerprint density at radius 2 is 0.887 bits per heavy atom. The number of carbonyl (C=O) groups excluding carboxylic acids is 1. The average Bonchev–Trinajstić information content (AvgIpc) is 4.13. The summed E-state index contributed by atoms with van der Waals surface area (Å²) in [4.78, 5) is 28.9. The number of para-hydroxylation sites is 3. The summed E-state index contributed by atoms with van der Waals surface area (Å²) in [6, 6.07) is 46.4. The number of carbonyl (C=O) groups is 1. The number of thiazole rings is 3. The highest BCUT2D eigenvalue weighted by molar-refractivity contribution is 8.13. The number of hydrogen-bond acceptors (Lipinski definition) is 13. The maximum atomic E-state index is 10.0. The Morgan fingerprint density at radius 3 is 1.34 bits per heavy atom. The molecule has 3 saturated carbocycles. The van der Waals surface area contributed by atoms with Crippen molar-refractivity contribution in [3.63, 3.8) is 0 Å². The minimum Gasteiger partial charge on any atom is -0.412 e. The van der Waals surface area contributed by atoms with E-state index < -0.39 is 0 Å². The number of fused-ring (bicyclic) bond motifs is 3.